The second-order valence-corrected chi connectivity index (χ2v) is 6.17. The van der Waals surface area contributed by atoms with E-state index in [0.717, 1.165) is 0 Å². The van der Waals surface area contributed by atoms with Crippen LogP contribution < -0.4 is 0 Å². The monoisotopic (exact) mass is 302 g/mol. The topological polar surface area (TPSA) is 35.5 Å². The highest BCUT2D eigenvalue weighted by atomic mass is 31.2. The zero-order valence-electron chi connectivity index (χ0n) is 11.8. The van der Waals surface area contributed by atoms with Gasteiger partial charge in [-0.05, 0) is 27.2 Å². The number of allylic oxidation sites excluding steroid dienone is 2. The predicted molar refractivity (Wildman–Crippen MR) is 69.4 cm³/mol. The molecule has 0 saturated heterocycles. The lowest BCUT2D eigenvalue weighted by Gasteiger charge is -2.21. The van der Waals surface area contributed by atoms with Crippen LogP contribution in [0.4, 0.5) is 13.2 Å². The summed E-state index contributed by atoms with van der Waals surface area (Å²) in [4.78, 5) is 0. The van der Waals surface area contributed by atoms with Gasteiger partial charge in [0.1, 0.15) is 0 Å². The Morgan fingerprint density at radius 1 is 1.11 bits per heavy atom. The van der Waals surface area contributed by atoms with Gasteiger partial charge in [0.15, 0.2) is 0 Å². The molecule has 3 nitrogen and oxygen atoms in total. The Kier molecular flexibility index (Phi) is 7.94. The molecule has 0 radical (unpaired) electrons. The van der Waals surface area contributed by atoms with E-state index >= 15 is 0 Å². The molecule has 114 valence electrons. The molecule has 0 aliphatic rings. The van der Waals surface area contributed by atoms with Gasteiger partial charge in [-0.3, -0.25) is 4.57 Å². The molecule has 0 N–H and O–H groups in total. The van der Waals surface area contributed by atoms with Crippen LogP contribution in [0.15, 0.2) is 11.1 Å². The molecule has 0 aromatic rings. The van der Waals surface area contributed by atoms with Gasteiger partial charge in [0.25, 0.3) is 0 Å². The van der Waals surface area contributed by atoms with E-state index in [4.69, 9.17) is 9.05 Å². The van der Waals surface area contributed by atoms with Crippen molar-refractivity contribution in [1.82, 2.24) is 0 Å². The first-order valence-corrected chi connectivity index (χ1v) is 8.06. The van der Waals surface area contributed by atoms with Crippen molar-refractivity contribution in [3.63, 3.8) is 0 Å². The van der Waals surface area contributed by atoms with Gasteiger partial charge in [0.2, 0.25) is 0 Å². The first-order valence-electron chi connectivity index (χ1n) is 6.34. The second kappa shape index (κ2) is 8.08. The summed E-state index contributed by atoms with van der Waals surface area (Å²) < 4.78 is 61.1. The van der Waals surface area contributed by atoms with Crippen molar-refractivity contribution in [2.75, 3.05) is 19.4 Å². The molecule has 0 atom stereocenters. The van der Waals surface area contributed by atoms with E-state index in [1.165, 1.54) is 6.92 Å². The van der Waals surface area contributed by atoms with Crippen LogP contribution in [0.25, 0.3) is 0 Å². The van der Waals surface area contributed by atoms with Gasteiger partial charge in [-0.2, -0.15) is 13.2 Å². The lowest BCUT2D eigenvalue weighted by atomic mass is 10.1. The molecule has 0 heterocycles. The van der Waals surface area contributed by atoms with Crippen molar-refractivity contribution in [3.8, 4) is 0 Å². The van der Waals surface area contributed by atoms with Crippen molar-refractivity contribution < 1.29 is 26.8 Å². The van der Waals surface area contributed by atoms with Crippen LogP contribution in [0.1, 0.15) is 40.5 Å². The number of hydrogen-bond donors (Lipinski definition) is 0. The summed E-state index contributed by atoms with van der Waals surface area (Å²) >= 11 is 0. The average molecular weight is 302 g/mol. The molecule has 19 heavy (non-hydrogen) atoms. The van der Waals surface area contributed by atoms with E-state index in [1.807, 2.05) is 0 Å². The number of halogens is 3. The summed E-state index contributed by atoms with van der Waals surface area (Å²) in [6.45, 7) is 6.45. The van der Waals surface area contributed by atoms with Gasteiger partial charge < -0.3 is 9.05 Å². The number of hydrogen-bond acceptors (Lipinski definition) is 3. The van der Waals surface area contributed by atoms with Crippen molar-refractivity contribution in [3.05, 3.63) is 11.1 Å². The minimum absolute atomic E-state index is 0.0508. The highest BCUT2D eigenvalue weighted by Crippen LogP contribution is 2.52. The fourth-order valence-corrected chi connectivity index (χ4v) is 3.59. The highest BCUT2D eigenvalue weighted by molar-refractivity contribution is 7.54. The molecule has 0 aliphatic heterocycles. The third-order valence-corrected chi connectivity index (χ3v) is 4.49. The predicted octanol–water partition coefficient (Wildman–Crippen LogP) is 4.93. The van der Waals surface area contributed by atoms with Crippen LogP contribution in [0, 0.1) is 0 Å². The number of alkyl halides is 3. The fraction of sp³-hybridized carbons (Fsp3) is 0.833. The fourth-order valence-electron chi connectivity index (χ4n) is 1.71. The quantitative estimate of drug-likeness (QED) is 0.471. The highest BCUT2D eigenvalue weighted by Gasteiger charge is 2.40. The summed E-state index contributed by atoms with van der Waals surface area (Å²) in [5.74, 6) is 0. The molecule has 0 aromatic carbocycles. The lowest BCUT2D eigenvalue weighted by Crippen LogP contribution is -2.19. The SMILES string of the molecule is CCC/C(C)=C(/CP(=O)(OCC)OCC)C(F)(F)F. The van der Waals surface area contributed by atoms with Gasteiger partial charge in [0, 0.05) is 5.57 Å². The van der Waals surface area contributed by atoms with Gasteiger partial charge in [0.05, 0.1) is 19.4 Å². The third kappa shape index (κ3) is 6.59. The van der Waals surface area contributed by atoms with Gasteiger partial charge in [-0.1, -0.05) is 18.9 Å². The maximum Gasteiger partial charge on any atom is 0.413 e. The third-order valence-electron chi connectivity index (χ3n) is 2.49. The first-order chi connectivity index (χ1) is 8.70. The zero-order valence-corrected chi connectivity index (χ0v) is 12.7. The molecule has 0 amide bonds. The van der Waals surface area contributed by atoms with E-state index in [2.05, 4.69) is 0 Å². The van der Waals surface area contributed by atoms with Crippen molar-refractivity contribution >= 4 is 7.60 Å². The molecular weight excluding hydrogens is 280 g/mol. The van der Waals surface area contributed by atoms with Crippen LogP contribution in [0.3, 0.4) is 0 Å². The molecular formula is C12H22F3O3P. The normalized spacial score (nSPS) is 14.5. The van der Waals surface area contributed by atoms with Crippen molar-refractivity contribution in [1.29, 1.82) is 0 Å². The minimum Gasteiger partial charge on any atom is -0.309 e. The Morgan fingerprint density at radius 3 is 1.89 bits per heavy atom. The molecule has 0 bridgehead atoms. The minimum atomic E-state index is -4.51. The molecule has 0 rings (SSSR count). The molecule has 0 saturated carbocycles. The molecule has 0 spiro atoms. The molecule has 0 aliphatic carbocycles. The molecule has 0 unspecified atom stereocenters. The summed E-state index contributed by atoms with van der Waals surface area (Å²) in [5, 5.41) is 0. The van der Waals surface area contributed by atoms with Crippen molar-refractivity contribution in [2.24, 2.45) is 0 Å². The first kappa shape index (κ1) is 18.7. The van der Waals surface area contributed by atoms with Crippen LogP contribution in [0.5, 0.6) is 0 Å². The molecule has 0 fully saturated rings. The Balaban J connectivity index is 5.31. The summed E-state index contributed by atoms with van der Waals surface area (Å²) in [7, 11) is -3.73. The Hall–Kier alpha value is -0.320. The van der Waals surface area contributed by atoms with E-state index in [-0.39, 0.29) is 18.8 Å². The molecule has 0 aromatic heterocycles. The smallest absolute Gasteiger partial charge is 0.309 e. The Labute approximate surface area is 112 Å². The largest absolute Gasteiger partial charge is 0.413 e. The lowest BCUT2D eigenvalue weighted by molar-refractivity contribution is -0.0924. The standard InChI is InChI=1S/C12H22F3O3P/c1-5-8-10(4)11(12(13,14)15)9-19(16,17-6-2)18-7-3/h5-9H2,1-4H3/b11-10-. The van der Waals surface area contributed by atoms with E-state index in [0.29, 0.717) is 12.8 Å². The summed E-state index contributed by atoms with van der Waals surface area (Å²) in [6.07, 6.45) is -4.32. The maximum absolute atomic E-state index is 13.0. The average Bonchev–Trinajstić information content (AvgIpc) is 2.25. The zero-order chi connectivity index (χ0) is 15.1. The van der Waals surface area contributed by atoms with E-state index in [1.54, 1.807) is 20.8 Å². The van der Waals surface area contributed by atoms with Gasteiger partial charge in [-0.25, -0.2) is 0 Å². The Morgan fingerprint density at radius 2 is 1.58 bits per heavy atom. The maximum atomic E-state index is 13.0. The molecule has 7 heteroatoms. The van der Waals surface area contributed by atoms with Gasteiger partial charge >= 0.3 is 13.8 Å². The van der Waals surface area contributed by atoms with Crippen molar-refractivity contribution in [2.45, 2.75) is 46.7 Å². The second-order valence-electron chi connectivity index (χ2n) is 4.11. The van der Waals surface area contributed by atoms with E-state index < -0.39 is 25.5 Å². The Bertz CT molecular complexity index is 341. The van der Waals surface area contributed by atoms with E-state index in [9.17, 15) is 17.7 Å². The summed E-state index contributed by atoms with van der Waals surface area (Å²) in [6, 6.07) is 0. The van der Waals surface area contributed by atoms with Gasteiger partial charge in [-0.15, -0.1) is 0 Å². The van der Waals surface area contributed by atoms with Crippen LogP contribution in [0.2, 0.25) is 0 Å². The van der Waals surface area contributed by atoms with Crippen LogP contribution in [-0.2, 0) is 13.6 Å². The van der Waals surface area contributed by atoms with Crippen LogP contribution >= 0.6 is 7.60 Å². The summed E-state index contributed by atoms with van der Waals surface area (Å²) in [5.41, 5.74) is -0.603. The number of rotatable bonds is 8. The van der Waals surface area contributed by atoms with Crippen LogP contribution in [-0.4, -0.2) is 25.6 Å².